The summed E-state index contributed by atoms with van der Waals surface area (Å²) < 4.78 is 11.0. The quantitative estimate of drug-likeness (QED) is 0.812. The molecule has 1 unspecified atom stereocenters. The van der Waals surface area contributed by atoms with E-state index in [9.17, 15) is 9.90 Å². The summed E-state index contributed by atoms with van der Waals surface area (Å²) in [4.78, 5) is 16.3. The van der Waals surface area contributed by atoms with Gasteiger partial charge in [0, 0.05) is 32.7 Å². The maximum Gasteiger partial charge on any atom is 0.260 e. The van der Waals surface area contributed by atoms with E-state index in [1.54, 1.807) is 18.9 Å². The van der Waals surface area contributed by atoms with Gasteiger partial charge in [0.15, 0.2) is 18.1 Å². The number of rotatable bonds is 7. The molecule has 138 valence electrons. The van der Waals surface area contributed by atoms with E-state index in [-0.39, 0.29) is 18.6 Å². The number of carbonyl (C=O) groups excluding carboxylic acids is 1. The Balaban J connectivity index is 1.86. The average Bonchev–Trinajstić information content (AvgIpc) is 2.60. The highest BCUT2D eigenvalue weighted by atomic mass is 16.5. The average molecular weight is 348 g/mol. The molecule has 1 saturated heterocycles. The smallest absolute Gasteiger partial charge is 0.260 e. The standard InChI is InChI=1S/C19H28N2O4/c1-4-5-16-6-7-17(18(12-16)24-3)25-14-19(23)21-10-8-20(9-11-21)13-15(2)22/h4-7,12,15,22H,8-11,13-14H2,1-3H3. The first-order chi connectivity index (χ1) is 12.0. The van der Waals surface area contributed by atoms with E-state index in [2.05, 4.69) is 4.90 Å². The van der Waals surface area contributed by atoms with Crippen LogP contribution in [0.4, 0.5) is 0 Å². The molecule has 1 aliphatic heterocycles. The molecule has 1 N–H and O–H groups in total. The number of piperazine rings is 1. The number of aliphatic hydroxyl groups is 1. The van der Waals surface area contributed by atoms with E-state index in [4.69, 9.17) is 9.47 Å². The van der Waals surface area contributed by atoms with Crippen LogP contribution in [0.2, 0.25) is 0 Å². The molecule has 1 fully saturated rings. The summed E-state index contributed by atoms with van der Waals surface area (Å²) in [6.07, 6.45) is 3.59. The number of carbonyl (C=O) groups is 1. The van der Waals surface area contributed by atoms with Gasteiger partial charge in [0.1, 0.15) is 0 Å². The third kappa shape index (κ3) is 5.76. The Morgan fingerprint density at radius 2 is 2.00 bits per heavy atom. The van der Waals surface area contributed by atoms with Crippen molar-refractivity contribution in [2.75, 3.05) is 46.4 Å². The number of methoxy groups -OCH3 is 1. The Morgan fingerprint density at radius 1 is 1.28 bits per heavy atom. The van der Waals surface area contributed by atoms with Gasteiger partial charge in [-0.05, 0) is 31.5 Å². The summed E-state index contributed by atoms with van der Waals surface area (Å²) in [6, 6.07) is 5.63. The fourth-order valence-corrected chi connectivity index (χ4v) is 2.88. The molecular formula is C19H28N2O4. The molecule has 0 spiro atoms. The molecule has 1 atom stereocenters. The molecule has 25 heavy (non-hydrogen) atoms. The van der Waals surface area contributed by atoms with Crippen LogP contribution in [0.1, 0.15) is 19.4 Å². The van der Waals surface area contributed by atoms with Gasteiger partial charge in [-0.25, -0.2) is 0 Å². The van der Waals surface area contributed by atoms with Crippen molar-refractivity contribution >= 4 is 12.0 Å². The molecule has 1 aromatic rings. The second-order valence-electron chi connectivity index (χ2n) is 6.23. The first-order valence-electron chi connectivity index (χ1n) is 8.65. The van der Waals surface area contributed by atoms with Gasteiger partial charge in [0.05, 0.1) is 13.2 Å². The molecule has 0 bridgehead atoms. The summed E-state index contributed by atoms with van der Waals surface area (Å²) in [5.41, 5.74) is 1.02. The van der Waals surface area contributed by atoms with Crippen LogP contribution in [0.25, 0.3) is 6.08 Å². The summed E-state index contributed by atoms with van der Waals surface area (Å²) in [6.45, 7) is 7.25. The topological polar surface area (TPSA) is 62.2 Å². The molecule has 1 aliphatic rings. The molecule has 0 aromatic heterocycles. The van der Waals surface area contributed by atoms with E-state index in [1.807, 2.05) is 37.3 Å². The predicted molar refractivity (Wildman–Crippen MR) is 97.9 cm³/mol. The molecule has 0 radical (unpaired) electrons. The van der Waals surface area contributed by atoms with Gasteiger partial charge in [-0.2, -0.15) is 0 Å². The van der Waals surface area contributed by atoms with Crippen molar-refractivity contribution in [3.63, 3.8) is 0 Å². The number of hydrogen-bond acceptors (Lipinski definition) is 5. The van der Waals surface area contributed by atoms with Gasteiger partial charge in [0.2, 0.25) is 0 Å². The van der Waals surface area contributed by atoms with E-state index in [0.717, 1.165) is 18.7 Å². The van der Waals surface area contributed by atoms with Gasteiger partial charge < -0.3 is 19.5 Å². The highest BCUT2D eigenvalue weighted by molar-refractivity contribution is 5.78. The number of benzene rings is 1. The Bertz CT molecular complexity index is 593. The van der Waals surface area contributed by atoms with Crippen LogP contribution in [0.15, 0.2) is 24.3 Å². The minimum Gasteiger partial charge on any atom is -0.493 e. The third-order valence-corrected chi connectivity index (χ3v) is 4.15. The van der Waals surface area contributed by atoms with Gasteiger partial charge in [-0.1, -0.05) is 18.2 Å². The normalized spacial score (nSPS) is 16.9. The highest BCUT2D eigenvalue weighted by Gasteiger charge is 2.22. The third-order valence-electron chi connectivity index (χ3n) is 4.15. The van der Waals surface area contributed by atoms with Crippen LogP contribution in [0.5, 0.6) is 11.5 Å². The number of nitrogens with zero attached hydrogens (tertiary/aromatic N) is 2. The van der Waals surface area contributed by atoms with Gasteiger partial charge in [0.25, 0.3) is 5.91 Å². The molecule has 6 heteroatoms. The van der Waals surface area contributed by atoms with Crippen molar-refractivity contribution in [3.05, 3.63) is 29.8 Å². The lowest BCUT2D eigenvalue weighted by Gasteiger charge is -2.35. The second kappa shape index (κ2) is 9.44. The van der Waals surface area contributed by atoms with Gasteiger partial charge in [-0.3, -0.25) is 9.69 Å². The summed E-state index contributed by atoms with van der Waals surface area (Å²) in [5, 5.41) is 9.43. The van der Waals surface area contributed by atoms with Crippen molar-refractivity contribution in [3.8, 4) is 11.5 Å². The molecule has 0 saturated carbocycles. The summed E-state index contributed by atoms with van der Waals surface area (Å²) in [5.74, 6) is 1.15. The molecule has 1 heterocycles. The molecule has 1 aromatic carbocycles. The second-order valence-corrected chi connectivity index (χ2v) is 6.23. The van der Waals surface area contributed by atoms with Crippen LogP contribution in [0.3, 0.4) is 0 Å². The molecule has 1 amide bonds. The van der Waals surface area contributed by atoms with Crippen LogP contribution < -0.4 is 9.47 Å². The van der Waals surface area contributed by atoms with Crippen molar-refractivity contribution < 1.29 is 19.4 Å². The molecule has 6 nitrogen and oxygen atoms in total. The minimum atomic E-state index is -0.344. The zero-order valence-corrected chi connectivity index (χ0v) is 15.3. The zero-order valence-electron chi connectivity index (χ0n) is 15.3. The van der Waals surface area contributed by atoms with Crippen LogP contribution in [-0.2, 0) is 4.79 Å². The Labute approximate surface area is 149 Å². The number of amides is 1. The van der Waals surface area contributed by atoms with Crippen molar-refractivity contribution in [1.82, 2.24) is 9.80 Å². The van der Waals surface area contributed by atoms with E-state index >= 15 is 0 Å². The van der Waals surface area contributed by atoms with E-state index < -0.39 is 0 Å². The number of aliphatic hydroxyl groups excluding tert-OH is 1. The molecular weight excluding hydrogens is 320 g/mol. The Hall–Kier alpha value is -2.05. The molecule has 2 rings (SSSR count). The van der Waals surface area contributed by atoms with Crippen molar-refractivity contribution in [1.29, 1.82) is 0 Å². The van der Waals surface area contributed by atoms with Gasteiger partial charge >= 0.3 is 0 Å². The Morgan fingerprint density at radius 3 is 2.60 bits per heavy atom. The lowest BCUT2D eigenvalue weighted by Crippen LogP contribution is -2.51. The van der Waals surface area contributed by atoms with Crippen molar-refractivity contribution in [2.24, 2.45) is 0 Å². The lowest BCUT2D eigenvalue weighted by atomic mass is 10.2. The first-order valence-corrected chi connectivity index (χ1v) is 8.65. The van der Waals surface area contributed by atoms with Crippen molar-refractivity contribution in [2.45, 2.75) is 20.0 Å². The first kappa shape index (κ1) is 19.3. The summed E-state index contributed by atoms with van der Waals surface area (Å²) in [7, 11) is 1.59. The fourth-order valence-electron chi connectivity index (χ4n) is 2.88. The summed E-state index contributed by atoms with van der Waals surface area (Å²) >= 11 is 0. The maximum atomic E-state index is 12.4. The SMILES string of the molecule is CC=Cc1ccc(OCC(=O)N2CCN(CC(C)O)CC2)c(OC)c1. The van der Waals surface area contributed by atoms with E-state index in [0.29, 0.717) is 31.1 Å². The predicted octanol–water partition coefficient (Wildman–Crippen LogP) is 1.63. The number of hydrogen-bond donors (Lipinski definition) is 1. The largest absolute Gasteiger partial charge is 0.493 e. The van der Waals surface area contributed by atoms with Crippen LogP contribution >= 0.6 is 0 Å². The Kier molecular flexibility index (Phi) is 7.28. The monoisotopic (exact) mass is 348 g/mol. The zero-order chi connectivity index (χ0) is 18.2. The molecule has 0 aliphatic carbocycles. The van der Waals surface area contributed by atoms with Crippen LogP contribution in [0, 0.1) is 0 Å². The number of β-amino-alcohol motifs (C(OH)–C–C–N with tert-alkyl or cyclic N) is 1. The van der Waals surface area contributed by atoms with E-state index in [1.165, 1.54) is 0 Å². The number of ether oxygens (including phenoxy) is 2. The van der Waals surface area contributed by atoms with Gasteiger partial charge in [-0.15, -0.1) is 0 Å². The number of allylic oxidation sites excluding steroid dienone is 1. The lowest BCUT2D eigenvalue weighted by molar-refractivity contribution is -0.135. The maximum absolute atomic E-state index is 12.4. The fraction of sp³-hybridized carbons (Fsp3) is 0.526. The highest BCUT2D eigenvalue weighted by Crippen LogP contribution is 2.28. The minimum absolute atomic E-state index is 0.00424. The van der Waals surface area contributed by atoms with Crippen LogP contribution in [-0.4, -0.2) is 73.4 Å².